The molecule has 0 aliphatic rings. The van der Waals surface area contributed by atoms with Crippen molar-refractivity contribution in [2.45, 2.75) is 6.92 Å². The largest absolute Gasteiger partial charge is 0.497 e. The van der Waals surface area contributed by atoms with E-state index in [4.69, 9.17) is 10.5 Å². The standard InChI is InChI=1S/C16H16N4O/c1-10-6-7-12(9-14(10)17)16-18-15(19-20-16)11-4-3-5-13(8-11)21-2/h3-9H,17H2,1-2H3,(H,18,19,20). The van der Waals surface area contributed by atoms with Gasteiger partial charge in [-0.05, 0) is 30.7 Å². The third-order valence-electron chi connectivity index (χ3n) is 3.37. The summed E-state index contributed by atoms with van der Waals surface area (Å²) < 4.78 is 5.21. The van der Waals surface area contributed by atoms with E-state index in [0.29, 0.717) is 11.6 Å². The molecule has 0 saturated heterocycles. The van der Waals surface area contributed by atoms with Crippen molar-refractivity contribution in [1.82, 2.24) is 15.2 Å². The number of aromatic nitrogens is 3. The van der Waals surface area contributed by atoms with Gasteiger partial charge in [-0.1, -0.05) is 24.3 Å². The Bertz CT molecular complexity index is 779. The minimum atomic E-state index is 0.628. The van der Waals surface area contributed by atoms with Crippen LogP contribution in [-0.4, -0.2) is 22.3 Å². The monoisotopic (exact) mass is 280 g/mol. The summed E-state index contributed by atoms with van der Waals surface area (Å²) in [5.41, 5.74) is 9.54. The molecule has 5 heteroatoms. The number of rotatable bonds is 3. The fraction of sp³-hybridized carbons (Fsp3) is 0.125. The number of hydrogen-bond donors (Lipinski definition) is 2. The second-order valence-corrected chi connectivity index (χ2v) is 4.81. The number of methoxy groups -OCH3 is 1. The van der Waals surface area contributed by atoms with Crippen molar-refractivity contribution in [1.29, 1.82) is 0 Å². The van der Waals surface area contributed by atoms with Crippen LogP contribution in [0.5, 0.6) is 5.75 Å². The number of nitrogens with zero attached hydrogens (tertiary/aromatic N) is 2. The van der Waals surface area contributed by atoms with Crippen molar-refractivity contribution < 1.29 is 4.74 Å². The molecule has 1 aromatic heterocycles. The summed E-state index contributed by atoms with van der Waals surface area (Å²) in [4.78, 5) is 4.52. The summed E-state index contributed by atoms with van der Waals surface area (Å²) in [6.07, 6.45) is 0. The molecule has 0 aliphatic heterocycles. The SMILES string of the molecule is COc1cccc(-c2n[nH]c(-c3ccc(C)c(N)c3)n2)c1. The lowest BCUT2D eigenvalue weighted by Gasteiger charge is -2.02. The van der Waals surface area contributed by atoms with E-state index in [2.05, 4.69) is 15.2 Å². The van der Waals surface area contributed by atoms with Crippen LogP contribution in [-0.2, 0) is 0 Å². The minimum absolute atomic E-state index is 0.628. The van der Waals surface area contributed by atoms with Gasteiger partial charge >= 0.3 is 0 Å². The maximum Gasteiger partial charge on any atom is 0.181 e. The molecule has 2 aromatic carbocycles. The van der Waals surface area contributed by atoms with Gasteiger partial charge in [-0.15, -0.1) is 0 Å². The van der Waals surface area contributed by atoms with E-state index in [0.717, 1.165) is 28.1 Å². The van der Waals surface area contributed by atoms with Gasteiger partial charge in [0.15, 0.2) is 11.6 Å². The van der Waals surface area contributed by atoms with Crippen LogP contribution >= 0.6 is 0 Å². The van der Waals surface area contributed by atoms with E-state index in [1.54, 1.807) is 7.11 Å². The number of aromatic amines is 1. The van der Waals surface area contributed by atoms with Gasteiger partial charge in [-0.25, -0.2) is 4.98 Å². The summed E-state index contributed by atoms with van der Waals surface area (Å²) in [6.45, 7) is 1.97. The van der Waals surface area contributed by atoms with Gasteiger partial charge in [0.25, 0.3) is 0 Å². The van der Waals surface area contributed by atoms with Crippen molar-refractivity contribution in [2.24, 2.45) is 0 Å². The first-order valence-corrected chi connectivity index (χ1v) is 6.60. The van der Waals surface area contributed by atoms with Crippen LogP contribution in [0.25, 0.3) is 22.8 Å². The van der Waals surface area contributed by atoms with Gasteiger partial charge in [-0.3, -0.25) is 5.10 Å². The molecular formula is C16H16N4O. The predicted octanol–water partition coefficient (Wildman–Crippen LogP) is 3.04. The van der Waals surface area contributed by atoms with Crippen molar-refractivity contribution in [2.75, 3.05) is 12.8 Å². The molecule has 0 fully saturated rings. The molecule has 106 valence electrons. The molecule has 0 radical (unpaired) electrons. The summed E-state index contributed by atoms with van der Waals surface area (Å²) in [6, 6.07) is 13.5. The topological polar surface area (TPSA) is 76.8 Å². The van der Waals surface area contributed by atoms with Crippen LogP contribution in [0.1, 0.15) is 5.56 Å². The van der Waals surface area contributed by atoms with Crippen molar-refractivity contribution in [3.8, 4) is 28.5 Å². The predicted molar refractivity (Wildman–Crippen MR) is 83.0 cm³/mol. The number of anilines is 1. The Morgan fingerprint density at radius 3 is 2.71 bits per heavy atom. The van der Waals surface area contributed by atoms with Gasteiger partial charge in [0, 0.05) is 16.8 Å². The first kappa shape index (κ1) is 13.2. The van der Waals surface area contributed by atoms with Crippen LogP contribution in [0.3, 0.4) is 0 Å². The van der Waals surface area contributed by atoms with Gasteiger partial charge in [0.1, 0.15) is 5.75 Å². The lowest BCUT2D eigenvalue weighted by molar-refractivity contribution is 0.415. The molecule has 5 nitrogen and oxygen atoms in total. The number of H-pyrrole nitrogens is 1. The van der Waals surface area contributed by atoms with Gasteiger partial charge in [0.2, 0.25) is 0 Å². The van der Waals surface area contributed by atoms with Crippen LogP contribution < -0.4 is 10.5 Å². The number of nitrogens with two attached hydrogens (primary N) is 1. The lowest BCUT2D eigenvalue weighted by atomic mass is 10.1. The molecule has 0 bridgehead atoms. The molecule has 0 saturated carbocycles. The summed E-state index contributed by atoms with van der Waals surface area (Å²) >= 11 is 0. The molecule has 1 heterocycles. The van der Waals surface area contributed by atoms with Crippen LogP contribution in [0, 0.1) is 6.92 Å². The first-order chi connectivity index (χ1) is 10.2. The lowest BCUT2D eigenvalue weighted by Crippen LogP contribution is -1.90. The zero-order valence-corrected chi connectivity index (χ0v) is 11.9. The first-order valence-electron chi connectivity index (χ1n) is 6.60. The van der Waals surface area contributed by atoms with Crippen LogP contribution in [0.15, 0.2) is 42.5 Å². The molecule has 21 heavy (non-hydrogen) atoms. The van der Waals surface area contributed by atoms with Crippen molar-refractivity contribution in [3.63, 3.8) is 0 Å². The second-order valence-electron chi connectivity index (χ2n) is 4.81. The normalized spacial score (nSPS) is 10.6. The van der Waals surface area contributed by atoms with E-state index in [1.807, 2.05) is 49.4 Å². The fourth-order valence-electron chi connectivity index (χ4n) is 2.07. The highest BCUT2D eigenvalue weighted by atomic mass is 16.5. The second kappa shape index (κ2) is 5.28. The van der Waals surface area contributed by atoms with E-state index in [1.165, 1.54) is 0 Å². The number of hydrogen-bond acceptors (Lipinski definition) is 4. The Kier molecular flexibility index (Phi) is 3.31. The third-order valence-corrected chi connectivity index (χ3v) is 3.37. The molecule has 0 amide bonds. The number of aryl methyl sites for hydroxylation is 1. The number of benzene rings is 2. The molecular weight excluding hydrogens is 264 g/mol. The van der Waals surface area contributed by atoms with Gasteiger partial charge in [0.05, 0.1) is 7.11 Å². The van der Waals surface area contributed by atoms with Crippen molar-refractivity contribution >= 4 is 5.69 Å². The Labute approximate surface area is 122 Å². The van der Waals surface area contributed by atoms with Crippen LogP contribution in [0.4, 0.5) is 5.69 Å². The quantitative estimate of drug-likeness (QED) is 0.723. The number of nitrogens with one attached hydrogen (secondary N) is 1. The molecule has 0 aliphatic carbocycles. The number of nitrogen functional groups attached to an aromatic ring is 1. The van der Waals surface area contributed by atoms with Crippen molar-refractivity contribution in [3.05, 3.63) is 48.0 Å². The summed E-state index contributed by atoms with van der Waals surface area (Å²) in [7, 11) is 1.64. The number of ether oxygens (including phenoxy) is 1. The fourth-order valence-corrected chi connectivity index (χ4v) is 2.07. The minimum Gasteiger partial charge on any atom is -0.497 e. The average molecular weight is 280 g/mol. The zero-order valence-electron chi connectivity index (χ0n) is 11.9. The Morgan fingerprint density at radius 1 is 1.10 bits per heavy atom. The molecule has 0 spiro atoms. The summed E-state index contributed by atoms with van der Waals surface area (Å²) in [5.74, 6) is 2.10. The highest BCUT2D eigenvalue weighted by Gasteiger charge is 2.09. The highest BCUT2D eigenvalue weighted by Crippen LogP contribution is 2.25. The van der Waals surface area contributed by atoms with Crippen LogP contribution in [0.2, 0.25) is 0 Å². The van der Waals surface area contributed by atoms with E-state index >= 15 is 0 Å². The van der Waals surface area contributed by atoms with E-state index in [9.17, 15) is 0 Å². The Balaban J connectivity index is 1.97. The third kappa shape index (κ3) is 2.58. The molecule has 3 rings (SSSR count). The Morgan fingerprint density at radius 2 is 1.95 bits per heavy atom. The smallest absolute Gasteiger partial charge is 0.181 e. The zero-order chi connectivity index (χ0) is 14.8. The summed E-state index contributed by atoms with van der Waals surface area (Å²) in [5, 5.41) is 7.21. The van der Waals surface area contributed by atoms with E-state index in [-0.39, 0.29) is 0 Å². The average Bonchev–Trinajstić information content (AvgIpc) is 3.00. The van der Waals surface area contributed by atoms with E-state index < -0.39 is 0 Å². The molecule has 3 aromatic rings. The highest BCUT2D eigenvalue weighted by molar-refractivity contribution is 5.66. The van der Waals surface area contributed by atoms with Gasteiger partial charge in [-0.2, -0.15) is 5.10 Å². The van der Waals surface area contributed by atoms with Gasteiger partial charge < -0.3 is 10.5 Å². The molecule has 3 N–H and O–H groups in total. The maximum atomic E-state index is 5.94. The molecule has 0 atom stereocenters. The maximum absolute atomic E-state index is 5.94. The molecule has 0 unspecified atom stereocenters. The Hall–Kier alpha value is -2.82.